The summed E-state index contributed by atoms with van der Waals surface area (Å²) in [7, 11) is 0. The number of aliphatic hydroxyl groups is 1. The number of aliphatic hydroxyl groups excluding tert-OH is 1. The Bertz CT molecular complexity index is 514. The molecule has 5 heteroatoms. The second-order valence-corrected chi connectivity index (χ2v) is 5.15. The average Bonchev–Trinajstić information content (AvgIpc) is 2.85. The smallest absolute Gasteiger partial charge is 0.249 e. The van der Waals surface area contributed by atoms with Gasteiger partial charge in [0.05, 0.1) is 6.04 Å². The molecule has 1 aliphatic rings. The molecule has 0 aromatic heterocycles. The molecule has 0 aliphatic carbocycles. The zero-order chi connectivity index (χ0) is 14.7. The standard InChI is InChI=1S/C15H20N2O3/c1-10(16-15(20)11(2)18)12-5-3-6-13(9-12)17-8-4-7-14(17)19/h3,5-6,9-11,18H,4,7-8H2,1-2H3,(H,16,20). The third-order valence-corrected chi connectivity index (χ3v) is 3.49. The van der Waals surface area contributed by atoms with Crippen LogP contribution in [0, 0.1) is 0 Å². The molecule has 2 atom stereocenters. The van der Waals surface area contributed by atoms with Gasteiger partial charge in [-0.05, 0) is 38.0 Å². The van der Waals surface area contributed by atoms with Gasteiger partial charge in [-0.25, -0.2) is 0 Å². The number of carbonyl (C=O) groups is 2. The molecule has 108 valence electrons. The van der Waals surface area contributed by atoms with Gasteiger partial charge in [0.2, 0.25) is 11.8 Å². The van der Waals surface area contributed by atoms with Crippen LogP contribution in [0.15, 0.2) is 24.3 Å². The predicted molar refractivity (Wildman–Crippen MR) is 76.3 cm³/mol. The average molecular weight is 276 g/mol. The van der Waals surface area contributed by atoms with E-state index in [1.807, 2.05) is 31.2 Å². The molecule has 1 fully saturated rings. The molecule has 1 aliphatic heterocycles. The summed E-state index contributed by atoms with van der Waals surface area (Å²) < 4.78 is 0. The third-order valence-electron chi connectivity index (χ3n) is 3.49. The molecule has 0 bridgehead atoms. The van der Waals surface area contributed by atoms with E-state index < -0.39 is 12.0 Å². The fraction of sp³-hybridized carbons (Fsp3) is 0.467. The second-order valence-electron chi connectivity index (χ2n) is 5.15. The van der Waals surface area contributed by atoms with Gasteiger partial charge >= 0.3 is 0 Å². The molecular formula is C15H20N2O3. The quantitative estimate of drug-likeness (QED) is 0.872. The maximum absolute atomic E-state index is 11.7. The van der Waals surface area contributed by atoms with Crippen LogP contribution in [-0.4, -0.2) is 29.6 Å². The lowest BCUT2D eigenvalue weighted by Crippen LogP contribution is -2.34. The molecule has 0 spiro atoms. The molecule has 1 saturated heterocycles. The van der Waals surface area contributed by atoms with Crippen molar-refractivity contribution in [3.05, 3.63) is 29.8 Å². The van der Waals surface area contributed by atoms with E-state index in [1.165, 1.54) is 6.92 Å². The van der Waals surface area contributed by atoms with Crippen LogP contribution < -0.4 is 10.2 Å². The molecule has 2 N–H and O–H groups in total. The summed E-state index contributed by atoms with van der Waals surface area (Å²) in [6.45, 7) is 4.03. The van der Waals surface area contributed by atoms with E-state index in [9.17, 15) is 14.7 Å². The van der Waals surface area contributed by atoms with Crippen molar-refractivity contribution in [1.82, 2.24) is 5.32 Å². The Morgan fingerprint density at radius 1 is 1.40 bits per heavy atom. The van der Waals surface area contributed by atoms with E-state index in [-0.39, 0.29) is 11.9 Å². The SMILES string of the molecule is CC(O)C(=O)NC(C)c1cccc(N2CCCC2=O)c1. The number of amides is 2. The Kier molecular flexibility index (Phi) is 4.39. The van der Waals surface area contributed by atoms with Crippen molar-refractivity contribution in [2.45, 2.75) is 38.8 Å². The Hall–Kier alpha value is -1.88. The van der Waals surface area contributed by atoms with Crippen molar-refractivity contribution in [1.29, 1.82) is 0 Å². The van der Waals surface area contributed by atoms with E-state index in [1.54, 1.807) is 4.90 Å². The fourth-order valence-corrected chi connectivity index (χ4v) is 2.30. The van der Waals surface area contributed by atoms with Gasteiger partial charge in [-0.2, -0.15) is 0 Å². The first-order valence-electron chi connectivity index (χ1n) is 6.88. The molecule has 0 saturated carbocycles. The van der Waals surface area contributed by atoms with E-state index >= 15 is 0 Å². The lowest BCUT2D eigenvalue weighted by molar-refractivity contribution is -0.129. The van der Waals surface area contributed by atoms with Crippen LogP contribution in [0.1, 0.15) is 38.3 Å². The monoisotopic (exact) mass is 276 g/mol. The maximum atomic E-state index is 11.7. The van der Waals surface area contributed by atoms with E-state index in [0.717, 1.165) is 24.2 Å². The third kappa shape index (κ3) is 3.17. The van der Waals surface area contributed by atoms with Crippen molar-refractivity contribution < 1.29 is 14.7 Å². The van der Waals surface area contributed by atoms with Crippen LogP contribution in [0.3, 0.4) is 0 Å². The van der Waals surface area contributed by atoms with Crippen LogP contribution in [0.5, 0.6) is 0 Å². The lowest BCUT2D eigenvalue weighted by Gasteiger charge is -2.20. The van der Waals surface area contributed by atoms with Gasteiger partial charge in [0, 0.05) is 18.7 Å². The largest absolute Gasteiger partial charge is 0.384 e. The normalized spacial score (nSPS) is 17.9. The molecule has 2 unspecified atom stereocenters. The Morgan fingerprint density at radius 3 is 2.75 bits per heavy atom. The van der Waals surface area contributed by atoms with Gasteiger partial charge < -0.3 is 15.3 Å². The number of carbonyl (C=O) groups excluding carboxylic acids is 2. The molecular weight excluding hydrogens is 256 g/mol. The fourth-order valence-electron chi connectivity index (χ4n) is 2.30. The van der Waals surface area contributed by atoms with Crippen molar-refractivity contribution in [3.63, 3.8) is 0 Å². The zero-order valence-corrected chi connectivity index (χ0v) is 11.8. The Balaban J connectivity index is 2.13. The van der Waals surface area contributed by atoms with E-state index in [4.69, 9.17) is 0 Å². The maximum Gasteiger partial charge on any atom is 0.249 e. The minimum Gasteiger partial charge on any atom is -0.384 e. The molecule has 1 heterocycles. The van der Waals surface area contributed by atoms with Crippen LogP contribution in [0.25, 0.3) is 0 Å². The number of nitrogens with one attached hydrogen (secondary N) is 1. The second kappa shape index (κ2) is 6.05. The van der Waals surface area contributed by atoms with E-state index in [0.29, 0.717) is 6.42 Å². The number of nitrogens with zero attached hydrogens (tertiary/aromatic N) is 1. The van der Waals surface area contributed by atoms with Crippen LogP contribution >= 0.6 is 0 Å². The van der Waals surface area contributed by atoms with Crippen LogP contribution in [0.4, 0.5) is 5.69 Å². The topological polar surface area (TPSA) is 69.6 Å². The number of anilines is 1. The first-order chi connectivity index (χ1) is 9.49. The van der Waals surface area contributed by atoms with Crippen LogP contribution in [0.2, 0.25) is 0 Å². The summed E-state index contributed by atoms with van der Waals surface area (Å²) >= 11 is 0. The highest BCUT2D eigenvalue weighted by Crippen LogP contribution is 2.24. The van der Waals surface area contributed by atoms with Gasteiger partial charge in [-0.1, -0.05) is 12.1 Å². The molecule has 20 heavy (non-hydrogen) atoms. The van der Waals surface area contributed by atoms with Crippen LogP contribution in [-0.2, 0) is 9.59 Å². The highest BCUT2D eigenvalue weighted by molar-refractivity contribution is 5.95. The van der Waals surface area contributed by atoms with Crippen molar-refractivity contribution in [3.8, 4) is 0 Å². The number of hydrogen-bond acceptors (Lipinski definition) is 3. The number of benzene rings is 1. The zero-order valence-electron chi connectivity index (χ0n) is 11.8. The molecule has 5 nitrogen and oxygen atoms in total. The lowest BCUT2D eigenvalue weighted by atomic mass is 10.1. The summed E-state index contributed by atoms with van der Waals surface area (Å²) in [4.78, 5) is 25.0. The summed E-state index contributed by atoms with van der Waals surface area (Å²) in [5, 5.41) is 11.9. The molecule has 2 rings (SSSR count). The van der Waals surface area contributed by atoms with E-state index in [2.05, 4.69) is 5.32 Å². The van der Waals surface area contributed by atoms with Gasteiger partial charge in [0.15, 0.2) is 0 Å². The Labute approximate surface area is 118 Å². The first kappa shape index (κ1) is 14.5. The van der Waals surface area contributed by atoms with Gasteiger partial charge in [-0.3, -0.25) is 9.59 Å². The van der Waals surface area contributed by atoms with Gasteiger partial charge in [-0.15, -0.1) is 0 Å². The first-order valence-corrected chi connectivity index (χ1v) is 6.88. The minimum atomic E-state index is -1.03. The highest BCUT2D eigenvalue weighted by Gasteiger charge is 2.22. The summed E-state index contributed by atoms with van der Waals surface area (Å²) in [5.41, 5.74) is 1.78. The number of hydrogen-bond donors (Lipinski definition) is 2. The van der Waals surface area contributed by atoms with Crippen molar-refractivity contribution in [2.24, 2.45) is 0 Å². The van der Waals surface area contributed by atoms with Crippen molar-refractivity contribution >= 4 is 17.5 Å². The molecule has 0 radical (unpaired) electrons. The van der Waals surface area contributed by atoms with Gasteiger partial charge in [0.25, 0.3) is 0 Å². The molecule has 2 amide bonds. The summed E-state index contributed by atoms with van der Waals surface area (Å²) in [5.74, 6) is -0.261. The minimum absolute atomic E-state index is 0.141. The van der Waals surface area contributed by atoms with Gasteiger partial charge in [0.1, 0.15) is 6.10 Å². The summed E-state index contributed by atoms with van der Waals surface area (Å²) in [6, 6.07) is 7.37. The number of rotatable bonds is 4. The summed E-state index contributed by atoms with van der Waals surface area (Å²) in [6.07, 6.45) is 0.455. The van der Waals surface area contributed by atoms with Crippen molar-refractivity contribution in [2.75, 3.05) is 11.4 Å². The highest BCUT2D eigenvalue weighted by atomic mass is 16.3. The molecule has 1 aromatic rings. The predicted octanol–water partition coefficient (Wildman–Crippen LogP) is 1.37. The molecule has 1 aromatic carbocycles. The Morgan fingerprint density at radius 2 is 2.15 bits per heavy atom.